The van der Waals surface area contributed by atoms with Gasteiger partial charge in [0.15, 0.2) is 13.2 Å². The van der Waals surface area contributed by atoms with E-state index in [1.807, 2.05) is 26.0 Å². The maximum Gasteiger partial charge on any atom is 0.344 e. The summed E-state index contributed by atoms with van der Waals surface area (Å²) in [5.74, 6) is 0.190. The summed E-state index contributed by atoms with van der Waals surface area (Å²) < 4.78 is 12.5. The molecule has 1 aromatic heterocycles. The smallest absolute Gasteiger partial charge is 0.344 e. The largest absolute Gasteiger partial charge is 0.482 e. The summed E-state index contributed by atoms with van der Waals surface area (Å²) in [6, 6.07) is 10.2. The van der Waals surface area contributed by atoms with Crippen LogP contribution in [0.15, 0.2) is 30.3 Å². The van der Waals surface area contributed by atoms with Crippen molar-refractivity contribution in [2.75, 3.05) is 13.2 Å². The van der Waals surface area contributed by atoms with Crippen molar-refractivity contribution >= 4 is 11.8 Å². The molecule has 0 radical (unpaired) electrons. The monoisotopic (exact) mass is 382 g/mol. The molecular weight excluding hydrogens is 356 g/mol. The van der Waals surface area contributed by atoms with E-state index in [0.29, 0.717) is 22.8 Å². The second kappa shape index (κ2) is 9.75. The van der Waals surface area contributed by atoms with Crippen molar-refractivity contribution in [2.45, 2.75) is 40.7 Å². The van der Waals surface area contributed by atoms with Crippen LogP contribution in [0.2, 0.25) is 0 Å². The van der Waals surface area contributed by atoms with E-state index in [4.69, 9.17) is 14.7 Å². The molecule has 6 heteroatoms. The van der Waals surface area contributed by atoms with Gasteiger partial charge in [-0.05, 0) is 56.5 Å². The molecule has 6 nitrogen and oxygen atoms in total. The van der Waals surface area contributed by atoms with Gasteiger partial charge in [-0.3, -0.25) is 4.79 Å². The Hall–Kier alpha value is -3.07. The zero-order chi connectivity index (χ0) is 20.7. The number of esters is 1. The number of ether oxygens (including phenoxy) is 2. The fourth-order valence-electron chi connectivity index (χ4n) is 2.85. The fourth-order valence-corrected chi connectivity index (χ4v) is 2.85. The molecular formula is C22H26N2O4. The highest BCUT2D eigenvalue weighted by Gasteiger charge is 2.17. The quantitative estimate of drug-likeness (QED) is 0.486. The predicted molar refractivity (Wildman–Crippen MR) is 105 cm³/mol. The van der Waals surface area contributed by atoms with E-state index in [-0.39, 0.29) is 19.0 Å². The Labute approximate surface area is 165 Å². The van der Waals surface area contributed by atoms with Crippen LogP contribution in [0.1, 0.15) is 47.6 Å². The van der Waals surface area contributed by atoms with Gasteiger partial charge in [-0.2, -0.15) is 5.26 Å². The van der Waals surface area contributed by atoms with Crippen molar-refractivity contribution in [1.29, 1.82) is 5.26 Å². The van der Waals surface area contributed by atoms with Gasteiger partial charge in [-0.15, -0.1) is 0 Å². The minimum Gasteiger partial charge on any atom is -0.482 e. The zero-order valence-electron chi connectivity index (χ0n) is 16.8. The lowest BCUT2D eigenvalue weighted by molar-refractivity contribution is -0.144. The molecule has 0 N–H and O–H groups in total. The first kappa shape index (κ1) is 21.2. The lowest BCUT2D eigenvalue weighted by Crippen LogP contribution is -2.20. The van der Waals surface area contributed by atoms with E-state index < -0.39 is 5.97 Å². The number of Topliss-reactive ketones (excluding diaryl/α,β-unsaturated/α-hetero) is 1. The van der Waals surface area contributed by atoms with E-state index >= 15 is 0 Å². The van der Waals surface area contributed by atoms with E-state index in [1.54, 1.807) is 24.3 Å². The first-order chi connectivity index (χ1) is 13.3. The highest BCUT2D eigenvalue weighted by Crippen LogP contribution is 2.18. The van der Waals surface area contributed by atoms with Crippen molar-refractivity contribution in [3.05, 3.63) is 52.8 Å². The third-order valence-corrected chi connectivity index (χ3v) is 4.51. The Kier molecular flexibility index (Phi) is 7.39. The van der Waals surface area contributed by atoms with Gasteiger partial charge in [0.2, 0.25) is 5.78 Å². The normalized spacial score (nSPS) is 10.6. The van der Waals surface area contributed by atoms with Crippen molar-refractivity contribution in [3.8, 4) is 11.8 Å². The van der Waals surface area contributed by atoms with Crippen LogP contribution < -0.4 is 4.74 Å². The second-order valence-corrected chi connectivity index (χ2v) is 7.13. The summed E-state index contributed by atoms with van der Waals surface area (Å²) in [4.78, 5) is 24.3. The predicted octanol–water partition coefficient (Wildman–Crippen LogP) is 3.83. The summed E-state index contributed by atoms with van der Waals surface area (Å²) in [5.41, 5.74) is 3.01. The van der Waals surface area contributed by atoms with Crippen molar-refractivity contribution in [3.63, 3.8) is 0 Å². The Morgan fingerprint density at radius 2 is 1.82 bits per heavy atom. The number of rotatable bonds is 9. The third-order valence-electron chi connectivity index (χ3n) is 4.51. The summed E-state index contributed by atoms with van der Waals surface area (Å²) in [6.07, 6.45) is 1.03. The van der Waals surface area contributed by atoms with Gasteiger partial charge >= 0.3 is 5.97 Å². The number of aryl methyl sites for hydroxylation is 1. The van der Waals surface area contributed by atoms with Crippen LogP contribution in [0.25, 0.3) is 0 Å². The Balaban J connectivity index is 1.86. The van der Waals surface area contributed by atoms with Gasteiger partial charge in [-0.1, -0.05) is 13.8 Å². The fraction of sp³-hybridized carbons (Fsp3) is 0.409. The maximum absolute atomic E-state index is 12.5. The zero-order valence-corrected chi connectivity index (χ0v) is 16.8. The minimum absolute atomic E-state index is 0.226. The molecule has 0 saturated carbocycles. The number of carbonyl (C=O) groups excluding carboxylic acids is 2. The van der Waals surface area contributed by atoms with Crippen molar-refractivity contribution in [2.24, 2.45) is 5.92 Å². The molecule has 0 bridgehead atoms. The molecule has 0 atom stereocenters. The average Bonchev–Trinajstić information content (AvgIpc) is 2.96. The number of nitriles is 1. The average molecular weight is 382 g/mol. The van der Waals surface area contributed by atoms with E-state index in [9.17, 15) is 9.59 Å². The molecule has 28 heavy (non-hydrogen) atoms. The van der Waals surface area contributed by atoms with Gasteiger partial charge in [0.1, 0.15) is 5.75 Å². The standard InChI is InChI=1S/C22H26N2O4/c1-15(2)9-10-24-16(3)11-20(17(24)4)21(25)13-28-22(26)14-27-19-7-5-18(12-23)6-8-19/h5-8,11,15H,9-10,13-14H2,1-4H3. The molecule has 0 amide bonds. The molecule has 0 saturated heterocycles. The van der Waals surface area contributed by atoms with Crippen LogP contribution in [0.5, 0.6) is 5.75 Å². The Morgan fingerprint density at radius 1 is 1.14 bits per heavy atom. The minimum atomic E-state index is -0.619. The highest BCUT2D eigenvalue weighted by atomic mass is 16.6. The SMILES string of the molecule is Cc1cc(C(=O)COC(=O)COc2ccc(C#N)cc2)c(C)n1CCC(C)C. The highest BCUT2D eigenvalue weighted by molar-refractivity contribution is 5.99. The van der Waals surface area contributed by atoms with Crippen LogP contribution in [0.4, 0.5) is 0 Å². The summed E-state index contributed by atoms with van der Waals surface area (Å²) in [6.45, 7) is 8.47. The molecule has 0 spiro atoms. The molecule has 2 rings (SSSR count). The molecule has 0 aliphatic carbocycles. The van der Waals surface area contributed by atoms with Crippen molar-refractivity contribution < 1.29 is 19.1 Å². The number of carbonyl (C=O) groups is 2. The van der Waals surface area contributed by atoms with E-state index in [0.717, 1.165) is 24.4 Å². The topological polar surface area (TPSA) is 81.3 Å². The number of hydrogen-bond donors (Lipinski definition) is 0. The first-order valence-electron chi connectivity index (χ1n) is 9.30. The lowest BCUT2D eigenvalue weighted by Gasteiger charge is -2.11. The third kappa shape index (κ3) is 5.71. The molecule has 0 aliphatic heterocycles. The Morgan fingerprint density at radius 3 is 2.43 bits per heavy atom. The first-order valence-corrected chi connectivity index (χ1v) is 9.30. The van der Waals surface area contributed by atoms with Gasteiger partial charge in [-0.25, -0.2) is 4.79 Å². The van der Waals surface area contributed by atoms with Crippen LogP contribution in [0, 0.1) is 31.1 Å². The molecule has 2 aromatic rings. The molecule has 0 fully saturated rings. The number of aromatic nitrogens is 1. The van der Waals surface area contributed by atoms with Crippen LogP contribution in [0.3, 0.4) is 0 Å². The number of ketones is 1. The summed E-state index contributed by atoms with van der Waals surface area (Å²) >= 11 is 0. The summed E-state index contributed by atoms with van der Waals surface area (Å²) in [7, 11) is 0. The van der Waals surface area contributed by atoms with Gasteiger partial charge < -0.3 is 14.0 Å². The van der Waals surface area contributed by atoms with Gasteiger partial charge in [0.05, 0.1) is 11.6 Å². The molecule has 148 valence electrons. The van der Waals surface area contributed by atoms with Gasteiger partial charge in [0, 0.05) is 23.5 Å². The molecule has 1 heterocycles. The van der Waals surface area contributed by atoms with Gasteiger partial charge in [0.25, 0.3) is 0 Å². The second-order valence-electron chi connectivity index (χ2n) is 7.13. The molecule has 0 aliphatic rings. The number of benzene rings is 1. The lowest BCUT2D eigenvalue weighted by atomic mass is 10.1. The molecule has 0 unspecified atom stereocenters. The Bertz CT molecular complexity index is 873. The van der Waals surface area contributed by atoms with Crippen LogP contribution in [-0.4, -0.2) is 29.5 Å². The number of nitrogens with zero attached hydrogens (tertiary/aromatic N) is 2. The van der Waals surface area contributed by atoms with Crippen molar-refractivity contribution in [1.82, 2.24) is 4.57 Å². The summed E-state index contributed by atoms with van der Waals surface area (Å²) in [5, 5.41) is 8.76. The van der Waals surface area contributed by atoms with Crippen LogP contribution in [-0.2, 0) is 16.1 Å². The van der Waals surface area contributed by atoms with E-state index in [1.165, 1.54) is 0 Å². The maximum atomic E-state index is 12.5. The van der Waals surface area contributed by atoms with Crippen LogP contribution >= 0.6 is 0 Å². The number of hydrogen-bond acceptors (Lipinski definition) is 5. The van der Waals surface area contributed by atoms with E-state index in [2.05, 4.69) is 18.4 Å². The molecule has 1 aromatic carbocycles.